The molecule has 5 nitrogen and oxygen atoms in total. The summed E-state index contributed by atoms with van der Waals surface area (Å²) < 4.78 is 2.15. The Balaban J connectivity index is 1.23. The van der Waals surface area contributed by atoms with Gasteiger partial charge in [0, 0.05) is 44.8 Å². The van der Waals surface area contributed by atoms with Gasteiger partial charge in [-0.2, -0.15) is 15.8 Å². The molecule has 51 heavy (non-hydrogen) atoms. The van der Waals surface area contributed by atoms with Crippen molar-refractivity contribution in [1.29, 1.82) is 15.8 Å². The Hall–Kier alpha value is -6.87. The van der Waals surface area contributed by atoms with Gasteiger partial charge in [-0.25, -0.2) is 0 Å². The van der Waals surface area contributed by atoms with Crippen LogP contribution in [0.3, 0.4) is 0 Å². The fourth-order valence-electron chi connectivity index (χ4n) is 8.59. The van der Waals surface area contributed by atoms with Crippen LogP contribution in [0.5, 0.6) is 0 Å². The summed E-state index contributed by atoms with van der Waals surface area (Å²) in [6.45, 7) is 2.37. The minimum absolute atomic E-state index is 0.0926. The first kappa shape index (κ1) is 30.2. The van der Waals surface area contributed by atoms with E-state index in [9.17, 15) is 15.8 Å². The summed E-state index contributed by atoms with van der Waals surface area (Å²) in [7, 11) is 0. The lowest BCUT2D eigenvalue weighted by Crippen LogP contribution is -2.44. The lowest BCUT2D eigenvalue weighted by Gasteiger charge is -2.42. The second kappa shape index (κ2) is 11.6. The lowest BCUT2D eigenvalue weighted by atomic mass is 9.76. The van der Waals surface area contributed by atoms with E-state index in [0.29, 0.717) is 22.6 Å². The number of anilines is 2. The fraction of sp³-hybridized carbons (Fsp3) is 0.109. The van der Waals surface area contributed by atoms with Crippen molar-refractivity contribution >= 4 is 33.2 Å². The summed E-state index contributed by atoms with van der Waals surface area (Å²) in [4.78, 5) is 2.51. The SMILES string of the molecule is CC12CCC=CC1c1ccccc1N2c1cccc(-c2cccc(-c3ccc(C#N)cc3-n3c4ccccc4c4cc(C#N)ccc43)c2C#N)c1. The first-order valence-corrected chi connectivity index (χ1v) is 17.2. The smallest absolute Gasteiger partial charge is 0.100 e. The Morgan fingerprint density at radius 1 is 0.627 bits per heavy atom. The van der Waals surface area contributed by atoms with Crippen molar-refractivity contribution in [2.45, 2.75) is 31.2 Å². The van der Waals surface area contributed by atoms with Gasteiger partial charge in [0.2, 0.25) is 0 Å². The Bertz CT molecular complexity index is 2730. The van der Waals surface area contributed by atoms with E-state index in [1.165, 1.54) is 11.3 Å². The van der Waals surface area contributed by atoms with E-state index in [1.807, 2.05) is 66.7 Å². The summed E-state index contributed by atoms with van der Waals surface area (Å²) in [6.07, 6.45) is 6.77. The maximum absolute atomic E-state index is 10.9. The summed E-state index contributed by atoms with van der Waals surface area (Å²) in [6, 6.07) is 50.0. The van der Waals surface area contributed by atoms with E-state index >= 15 is 0 Å². The minimum atomic E-state index is -0.0926. The molecule has 0 amide bonds. The summed E-state index contributed by atoms with van der Waals surface area (Å²) in [5, 5.41) is 32.6. The van der Waals surface area contributed by atoms with Crippen LogP contribution in [-0.2, 0) is 0 Å². The number of nitrogens with zero attached hydrogens (tertiary/aromatic N) is 5. The quantitative estimate of drug-likeness (QED) is 0.177. The standard InChI is InChI=1S/C46H31N5/c1-46-23-7-6-16-41(46)38-13-3-5-18-44(38)51(46)33-11-8-10-32(26-33)34-14-9-15-35(40(34)29-49)37-21-19-31(28-48)25-45(37)50-42-17-4-2-12-36(42)39-24-30(27-47)20-22-43(39)50/h2-6,8-22,24-26,41H,7,23H2,1H3. The molecular weight excluding hydrogens is 623 g/mol. The molecular formula is C46H31N5. The number of benzene rings is 6. The highest BCUT2D eigenvalue weighted by Gasteiger charge is 2.48. The van der Waals surface area contributed by atoms with Gasteiger partial charge in [-0.15, -0.1) is 0 Å². The molecule has 0 saturated carbocycles. The number of fused-ring (bicyclic) bond motifs is 6. The molecule has 0 N–H and O–H groups in total. The zero-order valence-corrected chi connectivity index (χ0v) is 28.0. The molecule has 9 rings (SSSR count). The minimum Gasteiger partial charge on any atom is -0.334 e. The lowest BCUT2D eigenvalue weighted by molar-refractivity contribution is 0.398. The molecule has 2 unspecified atom stereocenters. The average Bonchev–Trinajstić information content (AvgIpc) is 3.65. The second-order valence-electron chi connectivity index (χ2n) is 13.6. The number of hydrogen-bond donors (Lipinski definition) is 0. The van der Waals surface area contributed by atoms with Gasteiger partial charge in [-0.05, 0) is 85.5 Å². The Labute approximate surface area is 296 Å². The van der Waals surface area contributed by atoms with Crippen LogP contribution < -0.4 is 4.90 Å². The zero-order valence-electron chi connectivity index (χ0n) is 28.0. The topological polar surface area (TPSA) is 79.5 Å². The van der Waals surface area contributed by atoms with Crippen molar-refractivity contribution in [2.24, 2.45) is 0 Å². The maximum Gasteiger partial charge on any atom is 0.100 e. The van der Waals surface area contributed by atoms with Crippen molar-refractivity contribution in [1.82, 2.24) is 4.57 Å². The number of allylic oxidation sites excluding steroid dienone is 1. The van der Waals surface area contributed by atoms with Gasteiger partial charge in [0.15, 0.2) is 0 Å². The molecule has 0 bridgehead atoms. The van der Waals surface area contributed by atoms with E-state index < -0.39 is 0 Å². The van der Waals surface area contributed by atoms with Crippen LogP contribution in [0.2, 0.25) is 0 Å². The Morgan fingerprint density at radius 3 is 2.24 bits per heavy atom. The predicted molar refractivity (Wildman–Crippen MR) is 204 cm³/mol. The van der Waals surface area contributed by atoms with E-state index in [-0.39, 0.29) is 5.54 Å². The first-order chi connectivity index (χ1) is 25.0. The van der Waals surface area contributed by atoms with Gasteiger partial charge in [0.05, 0.1) is 51.1 Å². The van der Waals surface area contributed by atoms with E-state index in [0.717, 1.165) is 68.3 Å². The highest BCUT2D eigenvalue weighted by atomic mass is 15.2. The van der Waals surface area contributed by atoms with Crippen molar-refractivity contribution in [2.75, 3.05) is 4.90 Å². The molecule has 7 aromatic rings. The monoisotopic (exact) mass is 653 g/mol. The molecule has 2 aliphatic rings. The van der Waals surface area contributed by atoms with Crippen molar-refractivity contribution in [3.63, 3.8) is 0 Å². The molecule has 0 spiro atoms. The van der Waals surface area contributed by atoms with Gasteiger partial charge in [0.1, 0.15) is 6.07 Å². The van der Waals surface area contributed by atoms with Crippen LogP contribution in [0.4, 0.5) is 11.4 Å². The van der Waals surface area contributed by atoms with Gasteiger partial charge in [-0.1, -0.05) is 84.9 Å². The number of aromatic nitrogens is 1. The summed E-state index contributed by atoms with van der Waals surface area (Å²) >= 11 is 0. The van der Waals surface area contributed by atoms with Crippen LogP contribution >= 0.6 is 0 Å². The third-order valence-electron chi connectivity index (χ3n) is 10.9. The molecule has 2 atom stereocenters. The number of hydrogen-bond acceptors (Lipinski definition) is 4. The predicted octanol–water partition coefficient (Wildman–Crippen LogP) is 11.1. The second-order valence-corrected chi connectivity index (χ2v) is 13.6. The molecule has 0 saturated heterocycles. The van der Waals surface area contributed by atoms with E-state index in [4.69, 9.17) is 0 Å². The zero-order chi connectivity index (χ0) is 34.7. The van der Waals surface area contributed by atoms with Crippen molar-refractivity contribution in [3.05, 3.63) is 162 Å². The molecule has 1 aromatic heterocycles. The Morgan fingerprint density at radius 2 is 1.37 bits per heavy atom. The van der Waals surface area contributed by atoms with Crippen molar-refractivity contribution in [3.8, 4) is 46.1 Å². The third kappa shape index (κ3) is 4.51. The molecule has 240 valence electrons. The molecule has 2 heterocycles. The molecule has 5 heteroatoms. The van der Waals surface area contributed by atoms with Crippen LogP contribution in [0, 0.1) is 34.0 Å². The molecule has 0 radical (unpaired) electrons. The van der Waals surface area contributed by atoms with Crippen LogP contribution in [0.25, 0.3) is 49.7 Å². The molecule has 6 aromatic carbocycles. The van der Waals surface area contributed by atoms with E-state index in [1.54, 1.807) is 0 Å². The highest BCUT2D eigenvalue weighted by Crippen LogP contribution is 2.55. The average molecular weight is 654 g/mol. The Kier molecular flexibility index (Phi) is 6.89. The summed E-state index contributed by atoms with van der Waals surface area (Å²) in [5.41, 5.74) is 11.4. The van der Waals surface area contributed by atoms with Gasteiger partial charge < -0.3 is 9.47 Å². The van der Waals surface area contributed by atoms with Crippen LogP contribution in [0.1, 0.15) is 47.9 Å². The van der Waals surface area contributed by atoms with E-state index in [2.05, 4.69) is 107 Å². The number of rotatable bonds is 4. The van der Waals surface area contributed by atoms with Crippen molar-refractivity contribution < 1.29 is 0 Å². The largest absolute Gasteiger partial charge is 0.334 e. The first-order valence-electron chi connectivity index (χ1n) is 17.2. The number of para-hydroxylation sites is 2. The molecule has 1 aliphatic heterocycles. The normalized spacial score (nSPS) is 17.5. The molecule has 0 fully saturated rings. The maximum atomic E-state index is 10.9. The molecule has 1 aliphatic carbocycles. The fourth-order valence-corrected chi connectivity index (χ4v) is 8.59. The third-order valence-corrected chi connectivity index (χ3v) is 10.9. The van der Waals surface area contributed by atoms with Gasteiger partial charge >= 0.3 is 0 Å². The van der Waals surface area contributed by atoms with Gasteiger partial charge in [0.25, 0.3) is 0 Å². The summed E-state index contributed by atoms with van der Waals surface area (Å²) in [5.74, 6) is 0.311. The van der Waals surface area contributed by atoms with Crippen LogP contribution in [-0.4, -0.2) is 10.1 Å². The van der Waals surface area contributed by atoms with Gasteiger partial charge in [-0.3, -0.25) is 0 Å². The van der Waals surface area contributed by atoms with Crippen LogP contribution in [0.15, 0.2) is 140 Å². The highest BCUT2D eigenvalue weighted by molar-refractivity contribution is 6.10. The number of nitriles is 3.